The van der Waals surface area contributed by atoms with E-state index in [1.807, 2.05) is 13.8 Å². The van der Waals surface area contributed by atoms with Crippen molar-refractivity contribution in [3.8, 4) is 16.9 Å². The molecule has 1 aromatic carbocycles. The number of carbonyl (C=O) groups excluding carboxylic acids is 1. The molecule has 0 radical (unpaired) electrons. The van der Waals surface area contributed by atoms with E-state index in [-0.39, 0.29) is 23.6 Å². The summed E-state index contributed by atoms with van der Waals surface area (Å²) in [6.07, 6.45) is 6.72. The van der Waals surface area contributed by atoms with Gasteiger partial charge in [0.25, 0.3) is 0 Å². The number of imidazole rings is 1. The van der Waals surface area contributed by atoms with Gasteiger partial charge >= 0.3 is 0 Å². The number of ether oxygens (including phenoxy) is 1. The minimum Gasteiger partial charge on any atom is -0.494 e. The molecule has 1 amide bonds. The van der Waals surface area contributed by atoms with E-state index in [1.54, 1.807) is 28.4 Å². The van der Waals surface area contributed by atoms with Crippen molar-refractivity contribution >= 4 is 28.6 Å². The highest BCUT2D eigenvalue weighted by molar-refractivity contribution is 7.11. The number of amides is 1. The molecule has 0 N–H and O–H groups in total. The van der Waals surface area contributed by atoms with E-state index >= 15 is 0 Å². The Morgan fingerprint density at radius 1 is 1.10 bits per heavy atom. The van der Waals surface area contributed by atoms with Crippen LogP contribution < -0.4 is 9.64 Å². The quantitative estimate of drug-likeness (QED) is 0.220. The third-order valence-corrected chi connectivity index (χ3v) is 9.66. The van der Waals surface area contributed by atoms with Crippen LogP contribution >= 0.6 is 11.3 Å². The second kappa shape index (κ2) is 10.3. The molecule has 42 heavy (non-hydrogen) atoms. The molecule has 4 aromatic heterocycles. The molecule has 10 heteroatoms. The van der Waals surface area contributed by atoms with Crippen LogP contribution in [-0.2, 0) is 17.6 Å². The molecule has 5 heterocycles. The first-order valence-corrected chi connectivity index (χ1v) is 15.2. The molecule has 7 rings (SSSR count). The number of halogens is 1. The van der Waals surface area contributed by atoms with Crippen molar-refractivity contribution in [1.82, 2.24) is 19.5 Å². The average Bonchev–Trinajstić information content (AvgIpc) is 3.65. The Morgan fingerprint density at radius 2 is 1.95 bits per heavy atom. The van der Waals surface area contributed by atoms with Gasteiger partial charge in [0.15, 0.2) is 11.6 Å². The fraction of sp³-hybridized carbons (Fsp3) is 0.375. The highest BCUT2D eigenvalue weighted by Crippen LogP contribution is 2.44. The predicted molar refractivity (Wildman–Crippen MR) is 159 cm³/mol. The third-order valence-electron chi connectivity index (χ3n) is 8.62. The topological polar surface area (TPSA) is 85.8 Å². The van der Waals surface area contributed by atoms with Crippen molar-refractivity contribution < 1.29 is 18.4 Å². The van der Waals surface area contributed by atoms with Gasteiger partial charge in [-0.25, -0.2) is 14.4 Å². The van der Waals surface area contributed by atoms with Crippen molar-refractivity contribution in [2.75, 3.05) is 12.0 Å². The van der Waals surface area contributed by atoms with Crippen LogP contribution in [0.15, 0.2) is 41.1 Å². The second-order valence-corrected chi connectivity index (χ2v) is 12.5. The van der Waals surface area contributed by atoms with E-state index in [4.69, 9.17) is 19.2 Å². The lowest BCUT2D eigenvalue weighted by molar-refractivity contribution is -0.120. The maximum atomic E-state index is 14.9. The van der Waals surface area contributed by atoms with Crippen LogP contribution in [0, 0.1) is 26.6 Å². The molecule has 0 saturated carbocycles. The number of nitrogens with zero attached hydrogens (tertiary/aromatic N) is 5. The number of thiazole rings is 1. The first kappa shape index (κ1) is 26.8. The van der Waals surface area contributed by atoms with Crippen molar-refractivity contribution in [2.24, 2.45) is 0 Å². The fourth-order valence-electron chi connectivity index (χ4n) is 6.78. The number of pyridine rings is 1. The number of methoxy groups -OCH3 is 1. The number of fused-ring (bicyclic) bond motifs is 2. The van der Waals surface area contributed by atoms with E-state index < -0.39 is 5.82 Å². The zero-order valence-electron chi connectivity index (χ0n) is 24.1. The summed E-state index contributed by atoms with van der Waals surface area (Å²) in [5.41, 5.74) is 7.31. The maximum absolute atomic E-state index is 14.9. The number of hydrogen-bond acceptors (Lipinski definition) is 7. The SMILES string of the molecule is COc1ccc(N2C(=O)CCC[C@H]2c2nc3cc(-c4c(C)noc4C)ccn3c2[C@@H]2CCc3nc(C)sc3C2)cc1F. The van der Waals surface area contributed by atoms with Crippen molar-refractivity contribution in [3.05, 3.63) is 80.8 Å². The lowest BCUT2D eigenvalue weighted by atomic mass is 9.85. The smallest absolute Gasteiger partial charge is 0.227 e. The molecular weight excluding hydrogens is 553 g/mol. The van der Waals surface area contributed by atoms with Crippen LogP contribution in [0.5, 0.6) is 5.75 Å². The maximum Gasteiger partial charge on any atom is 0.227 e. The lowest BCUT2D eigenvalue weighted by Crippen LogP contribution is -2.39. The van der Waals surface area contributed by atoms with Crippen LogP contribution in [-0.4, -0.2) is 32.5 Å². The van der Waals surface area contributed by atoms with E-state index in [9.17, 15) is 9.18 Å². The molecule has 0 unspecified atom stereocenters. The lowest BCUT2D eigenvalue weighted by Gasteiger charge is -2.36. The molecule has 2 atom stereocenters. The summed E-state index contributed by atoms with van der Waals surface area (Å²) in [6, 6.07) is 8.58. The molecular formula is C32H32FN5O3S. The van der Waals surface area contributed by atoms with E-state index in [2.05, 4.69) is 34.8 Å². The number of aryl methyl sites for hydroxylation is 4. The summed E-state index contributed by atoms with van der Waals surface area (Å²) < 4.78 is 27.7. The van der Waals surface area contributed by atoms with Gasteiger partial charge in [0.1, 0.15) is 11.4 Å². The molecule has 5 aromatic rings. The summed E-state index contributed by atoms with van der Waals surface area (Å²) in [6.45, 7) is 5.92. The molecule has 8 nitrogen and oxygen atoms in total. The summed E-state index contributed by atoms with van der Waals surface area (Å²) in [5.74, 6) is 0.595. The minimum absolute atomic E-state index is 0.0285. The monoisotopic (exact) mass is 585 g/mol. The number of aromatic nitrogens is 4. The third kappa shape index (κ3) is 4.40. The van der Waals surface area contributed by atoms with Gasteiger partial charge in [0.2, 0.25) is 5.91 Å². The number of benzene rings is 1. The number of piperidine rings is 1. The van der Waals surface area contributed by atoms with Gasteiger partial charge < -0.3 is 18.6 Å². The van der Waals surface area contributed by atoms with Gasteiger partial charge in [0, 0.05) is 40.7 Å². The first-order chi connectivity index (χ1) is 20.3. The normalized spacial score (nSPS) is 19.0. The van der Waals surface area contributed by atoms with Crippen molar-refractivity contribution in [3.63, 3.8) is 0 Å². The number of carbonyl (C=O) groups is 1. The van der Waals surface area contributed by atoms with Crippen LogP contribution in [0.25, 0.3) is 16.8 Å². The van der Waals surface area contributed by atoms with E-state index in [1.165, 1.54) is 23.7 Å². The van der Waals surface area contributed by atoms with Gasteiger partial charge in [-0.05, 0) is 82.7 Å². The van der Waals surface area contributed by atoms with Crippen LogP contribution in [0.3, 0.4) is 0 Å². The summed E-state index contributed by atoms with van der Waals surface area (Å²) in [5, 5.41) is 5.24. The predicted octanol–water partition coefficient (Wildman–Crippen LogP) is 7.05. The Kier molecular flexibility index (Phi) is 6.61. The molecule has 1 aliphatic heterocycles. The molecule has 1 saturated heterocycles. The Balaban J connectivity index is 1.39. The second-order valence-electron chi connectivity index (χ2n) is 11.3. The fourth-order valence-corrected chi connectivity index (χ4v) is 7.84. The first-order valence-electron chi connectivity index (χ1n) is 14.4. The van der Waals surface area contributed by atoms with Crippen molar-refractivity contribution in [2.45, 2.75) is 71.3 Å². The van der Waals surface area contributed by atoms with Gasteiger partial charge in [-0.2, -0.15) is 0 Å². The molecule has 1 aliphatic carbocycles. The Labute approximate surface area is 247 Å². The molecule has 1 fully saturated rings. The Bertz CT molecular complexity index is 1820. The average molecular weight is 586 g/mol. The standard InChI is InChI=1S/C32H32FN5O3S/c1-17-30(18(2)41-36-17)20-12-13-37-28(15-20)35-31(32(37)21-8-10-24-27(14-21)42-19(3)34-24)25-6-5-7-29(39)38(25)22-9-11-26(40-4)23(33)16-22/h9,11-13,15-16,21,25H,5-8,10,14H2,1-4H3/t21-,25+/m1/s1. The van der Waals surface area contributed by atoms with Crippen LogP contribution in [0.2, 0.25) is 0 Å². The zero-order valence-corrected chi connectivity index (χ0v) is 24.9. The zero-order chi connectivity index (χ0) is 29.1. The van der Waals surface area contributed by atoms with Crippen LogP contribution in [0.1, 0.15) is 76.1 Å². The van der Waals surface area contributed by atoms with Gasteiger partial charge in [-0.15, -0.1) is 11.3 Å². The largest absolute Gasteiger partial charge is 0.494 e. The molecule has 216 valence electrons. The molecule has 0 spiro atoms. The minimum atomic E-state index is -0.494. The highest BCUT2D eigenvalue weighted by Gasteiger charge is 2.37. The van der Waals surface area contributed by atoms with E-state index in [0.717, 1.165) is 76.7 Å². The molecule has 2 aliphatic rings. The number of anilines is 1. The molecule has 0 bridgehead atoms. The van der Waals surface area contributed by atoms with Gasteiger partial charge in [0.05, 0.1) is 40.9 Å². The van der Waals surface area contributed by atoms with E-state index in [0.29, 0.717) is 12.1 Å². The summed E-state index contributed by atoms with van der Waals surface area (Å²) >= 11 is 1.77. The Hall–Kier alpha value is -4.05. The highest BCUT2D eigenvalue weighted by atomic mass is 32.1. The van der Waals surface area contributed by atoms with Gasteiger partial charge in [-0.1, -0.05) is 5.16 Å². The summed E-state index contributed by atoms with van der Waals surface area (Å²) in [4.78, 5) is 26.6. The number of hydrogen-bond donors (Lipinski definition) is 0. The van der Waals surface area contributed by atoms with Crippen LogP contribution in [0.4, 0.5) is 10.1 Å². The van der Waals surface area contributed by atoms with Crippen molar-refractivity contribution in [1.29, 1.82) is 0 Å². The Morgan fingerprint density at radius 3 is 2.71 bits per heavy atom. The summed E-state index contributed by atoms with van der Waals surface area (Å²) in [7, 11) is 1.44. The number of rotatable bonds is 5. The van der Waals surface area contributed by atoms with Gasteiger partial charge in [-0.3, -0.25) is 4.79 Å².